The predicted octanol–water partition coefficient (Wildman–Crippen LogP) is 8.41. The maximum atomic E-state index is 13.1. The summed E-state index contributed by atoms with van der Waals surface area (Å²) in [6.07, 6.45) is 16.4. The average molecular weight is 521 g/mol. The van der Waals surface area contributed by atoms with Crippen LogP contribution in [0.1, 0.15) is 105 Å². The molecule has 0 bridgehead atoms. The Kier molecular flexibility index (Phi) is 7.66. The molecule has 38 heavy (non-hydrogen) atoms. The lowest BCUT2D eigenvalue weighted by Crippen LogP contribution is -2.50. The Morgan fingerprint density at radius 1 is 1.03 bits per heavy atom. The lowest BCUT2D eigenvalue weighted by Gasteiger charge is -2.58. The molecule has 0 amide bonds. The average Bonchev–Trinajstić information content (AvgIpc) is 3.22. The van der Waals surface area contributed by atoms with Gasteiger partial charge >= 0.3 is 5.97 Å². The number of esters is 1. The summed E-state index contributed by atoms with van der Waals surface area (Å²) in [5.41, 5.74) is 15.1. The van der Waals surface area contributed by atoms with Crippen LogP contribution < -0.4 is 16.2 Å². The van der Waals surface area contributed by atoms with Crippen molar-refractivity contribution in [3.05, 3.63) is 29.8 Å². The minimum Gasteiger partial charge on any atom is -0.424 e. The number of anilines is 2. The second-order valence-corrected chi connectivity index (χ2v) is 14.4. The summed E-state index contributed by atoms with van der Waals surface area (Å²) in [6.45, 7) is 12.5. The number of carbonyl (C=O) groups is 1. The van der Waals surface area contributed by atoms with E-state index in [1.165, 1.54) is 56.9 Å². The number of hydrogen-bond donors (Lipinski definition) is 2. The molecule has 0 aromatic heterocycles. The third-order valence-electron chi connectivity index (χ3n) is 11.9. The van der Waals surface area contributed by atoms with Crippen molar-refractivity contribution in [3.8, 4) is 5.75 Å². The number of allylic oxidation sites excluding steroid dienone is 2. The largest absolute Gasteiger partial charge is 0.424 e. The Morgan fingerprint density at radius 2 is 1.82 bits per heavy atom. The Morgan fingerprint density at radius 3 is 2.55 bits per heavy atom. The topological polar surface area (TPSA) is 78.3 Å². The second kappa shape index (κ2) is 10.5. The third-order valence-corrected chi connectivity index (χ3v) is 11.9. The van der Waals surface area contributed by atoms with Gasteiger partial charge in [0.05, 0.1) is 11.6 Å². The second-order valence-electron chi connectivity index (χ2n) is 14.4. The molecule has 0 heterocycles. The summed E-state index contributed by atoms with van der Waals surface area (Å²) >= 11 is 0. The standard InChI is InChI=1S/C34H52N2O2/c1-21(2)7-6-8-22(3)27-12-13-28-26-11-9-24-19-23(32(37)38-31-14-10-25(35)20-30(31)36)15-17-33(24,4)29(26)16-18-34(27,28)5/h9-10,14,20-23,26-29H,6-8,11-13,15-19,35-36H2,1-5H3. The summed E-state index contributed by atoms with van der Waals surface area (Å²) in [6, 6.07) is 5.10. The van der Waals surface area contributed by atoms with E-state index in [0.29, 0.717) is 22.5 Å². The molecule has 4 heteroatoms. The lowest BCUT2D eigenvalue weighted by molar-refractivity contribution is -0.140. The van der Waals surface area contributed by atoms with Gasteiger partial charge in [-0.05, 0) is 116 Å². The molecule has 1 aromatic carbocycles. The SMILES string of the molecule is CC(C)CCCC(C)C1CCC2C3CC=C4CC(C(=O)Oc5ccc(N)cc5N)CCC4(C)C3CCC12C. The van der Waals surface area contributed by atoms with E-state index in [0.717, 1.165) is 54.8 Å². The van der Waals surface area contributed by atoms with Crippen molar-refractivity contribution in [1.82, 2.24) is 0 Å². The summed E-state index contributed by atoms with van der Waals surface area (Å²) in [7, 11) is 0. The molecule has 3 saturated carbocycles. The van der Waals surface area contributed by atoms with Crippen LogP contribution in [-0.4, -0.2) is 5.97 Å². The lowest BCUT2D eigenvalue weighted by atomic mass is 9.46. The molecule has 0 saturated heterocycles. The molecular formula is C34H52N2O2. The number of rotatable bonds is 7. The number of nitrogen functional groups attached to an aromatic ring is 2. The summed E-state index contributed by atoms with van der Waals surface area (Å²) in [4.78, 5) is 13.1. The maximum absolute atomic E-state index is 13.1. The van der Waals surface area contributed by atoms with Gasteiger partial charge in [-0.1, -0.05) is 65.5 Å². The Bertz CT molecular complexity index is 1060. The zero-order valence-corrected chi connectivity index (χ0v) is 24.6. The van der Waals surface area contributed by atoms with Crippen molar-refractivity contribution < 1.29 is 9.53 Å². The van der Waals surface area contributed by atoms with Gasteiger partial charge in [-0.25, -0.2) is 0 Å². The van der Waals surface area contributed by atoms with Crippen molar-refractivity contribution >= 4 is 17.3 Å². The van der Waals surface area contributed by atoms with Gasteiger partial charge in [-0.15, -0.1) is 0 Å². The molecule has 0 spiro atoms. The van der Waals surface area contributed by atoms with Crippen LogP contribution in [0.4, 0.5) is 11.4 Å². The highest BCUT2D eigenvalue weighted by molar-refractivity contribution is 5.78. The molecule has 0 radical (unpaired) electrons. The molecule has 0 aliphatic heterocycles. The molecule has 1 aromatic rings. The van der Waals surface area contributed by atoms with Crippen LogP contribution in [0.3, 0.4) is 0 Å². The molecule has 8 atom stereocenters. The maximum Gasteiger partial charge on any atom is 0.314 e. The molecule has 8 unspecified atom stereocenters. The number of carbonyl (C=O) groups excluding carboxylic acids is 1. The summed E-state index contributed by atoms with van der Waals surface area (Å²) < 4.78 is 5.76. The van der Waals surface area contributed by atoms with Gasteiger partial charge in [0, 0.05) is 5.69 Å². The van der Waals surface area contributed by atoms with Crippen molar-refractivity contribution in [2.45, 2.75) is 105 Å². The normalized spacial score (nSPS) is 37.1. The number of benzene rings is 1. The van der Waals surface area contributed by atoms with E-state index in [4.69, 9.17) is 16.2 Å². The smallest absolute Gasteiger partial charge is 0.314 e. The van der Waals surface area contributed by atoms with Crippen molar-refractivity contribution in [2.75, 3.05) is 11.5 Å². The van der Waals surface area contributed by atoms with Gasteiger partial charge in [0.25, 0.3) is 0 Å². The number of fused-ring (bicyclic) bond motifs is 5. The molecule has 3 fully saturated rings. The third kappa shape index (κ3) is 4.90. The molecule has 5 rings (SSSR count). The number of hydrogen-bond acceptors (Lipinski definition) is 4. The molecule has 4 N–H and O–H groups in total. The number of ether oxygens (including phenoxy) is 1. The van der Waals surface area contributed by atoms with Crippen LogP contribution in [0, 0.1) is 52.3 Å². The highest BCUT2D eigenvalue weighted by Gasteiger charge is 2.59. The van der Waals surface area contributed by atoms with E-state index in [-0.39, 0.29) is 17.3 Å². The van der Waals surface area contributed by atoms with Gasteiger partial charge in [-0.3, -0.25) is 4.79 Å². The van der Waals surface area contributed by atoms with Gasteiger partial charge < -0.3 is 16.2 Å². The zero-order chi connectivity index (χ0) is 27.2. The van der Waals surface area contributed by atoms with Crippen molar-refractivity contribution in [2.24, 2.45) is 52.3 Å². The highest BCUT2D eigenvalue weighted by atomic mass is 16.5. The Hall–Kier alpha value is -1.97. The molecule has 210 valence electrons. The highest BCUT2D eigenvalue weighted by Crippen LogP contribution is 2.67. The fourth-order valence-electron chi connectivity index (χ4n) is 9.74. The van der Waals surface area contributed by atoms with Gasteiger partial charge in [0.15, 0.2) is 5.75 Å². The first-order chi connectivity index (χ1) is 18.0. The van der Waals surface area contributed by atoms with Crippen LogP contribution in [0.2, 0.25) is 0 Å². The van der Waals surface area contributed by atoms with E-state index in [9.17, 15) is 4.79 Å². The zero-order valence-electron chi connectivity index (χ0n) is 24.6. The van der Waals surface area contributed by atoms with Crippen LogP contribution in [0.25, 0.3) is 0 Å². The van der Waals surface area contributed by atoms with Crippen LogP contribution >= 0.6 is 0 Å². The summed E-state index contributed by atoms with van der Waals surface area (Å²) in [5.74, 6) is 5.20. The van der Waals surface area contributed by atoms with Gasteiger partial charge in [0.2, 0.25) is 0 Å². The molecule has 4 nitrogen and oxygen atoms in total. The fourth-order valence-corrected chi connectivity index (χ4v) is 9.74. The number of nitrogens with two attached hydrogens (primary N) is 2. The van der Waals surface area contributed by atoms with Crippen LogP contribution in [0.15, 0.2) is 29.8 Å². The quantitative estimate of drug-likeness (QED) is 0.164. The van der Waals surface area contributed by atoms with Gasteiger partial charge in [-0.2, -0.15) is 0 Å². The van der Waals surface area contributed by atoms with E-state index in [2.05, 4.69) is 40.7 Å². The van der Waals surface area contributed by atoms with E-state index in [1.54, 1.807) is 18.2 Å². The Labute approximate surface area is 231 Å². The van der Waals surface area contributed by atoms with E-state index in [1.807, 2.05) is 0 Å². The molecular weight excluding hydrogens is 468 g/mol. The molecule has 4 aliphatic carbocycles. The van der Waals surface area contributed by atoms with Crippen molar-refractivity contribution in [1.29, 1.82) is 0 Å². The first-order valence-corrected chi connectivity index (χ1v) is 15.6. The first kappa shape index (κ1) is 27.6. The van der Waals surface area contributed by atoms with E-state index < -0.39 is 0 Å². The fraction of sp³-hybridized carbons (Fsp3) is 0.735. The van der Waals surface area contributed by atoms with Gasteiger partial charge in [0.1, 0.15) is 0 Å². The Balaban J connectivity index is 1.26. The minimum absolute atomic E-state index is 0.0840. The summed E-state index contributed by atoms with van der Waals surface area (Å²) in [5, 5.41) is 0. The minimum atomic E-state index is -0.146. The van der Waals surface area contributed by atoms with Crippen LogP contribution in [-0.2, 0) is 4.79 Å². The first-order valence-electron chi connectivity index (χ1n) is 15.6. The van der Waals surface area contributed by atoms with Crippen LogP contribution in [0.5, 0.6) is 5.75 Å². The monoisotopic (exact) mass is 520 g/mol. The van der Waals surface area contributed by atoms with Crippen molar-refractivity contribution in [3.63, 3.8) is 0 Å². The molecule has 4 aliphatic rings. The predicted molar refractivity (Wildman–Crippen MR) is 157 cm³/mol. The van der Waals surface area contributed by atoms with E-state index >= 15 is 0 Å².